The number of rotatable bonds is 6. The summed E-state index contributed by atoms with van der Waals surface area (Å²) in [7, 11) is -3.40. The second-order valence-corrected chi connectivity index (χ2v) is 8.32. The van der Waals surface area contributed by atoms with E-state index in [4.69, 9.17) is 5.73 Å². The molecule has 0 aliphatic rings. The number of anilines is 1. The monoisotopic (exact) mass is 324 g/mol. The lowest BCUT2D eigenvalue weighted by atomic mass is 10.2. The number of hydrogen-bond donors (Lipinski definition) is 2. The molecule has 1 heterocycles. The number of para-hydroxylation sites is 1. The molecule has 1 aromatic heterocycles. The van der Waals surface area contributed by atoms with Crippen LogP contribution < -0.4 is 10.5 Å². The predicted octanol–water partition coefficient (Wildman–Crippen LogP) is 2.69. The lowest BCUT2D eigenvalue weighted by Gasteiger charge is -2.14. The van der Waals surface area contributed by atoms with Gasteiger partial charge in [0.15, 0.2) is 0 Å². The van der Waals surface area contributed by atoms with Crippen LogP contribution >= 0.6 is 11.3 Å². The number of aryl methyl sites for hydroxylation is 1. The van der Waals surface area contributed by atoms with Gasteiger partial charge in [0.2, 0.25) is 10.0 Å². The Balaban J connectivity index is 1.99. The fraction of sp³-hybridized carbons (Fsp3) is 0.333. The maximum Gasteiger partial charge on any atom is 0.216 e. The largest absolute Gasteiger partial charge is 0.398 e. The van der Waals surface area contributed by atoms with Gasteiger partial charge in [0.1, 0.15) is 0 Å². The first-order chi connectivity index (χ1) is 9.85. The van der Waals surface area contributed by atoms with E-state index in [1.54, 1.807) is 35.6 Å². The van der Waals surface area contributed by atoms with Crippen LogP contribution in [0.2, 0.25) is 0 Å². The summed E-state index contributed by atoms with van der Waals surface area (Å²) in [5.41, 5.74) is 6.93. The Labute approximate surface area is 130 Å². The minimum absolute atomic E-state index is 0.0898. The molecule has 0 amide bonds. The molecule has 4 nitrogen and oxygen atoms in total. The number of nitrogens with two attached hydrogens (primary N) is 1. The first-order valence-corrected chi connectivity index (χ1v) is 9.21. The van der Waals surface area contributed by atoms with Crippen molar-refractivity contribution in [2.75, 3.05) is 5.73 Å². The third-order valence-corrected chi connectivity index (χ3v) is 5.56. The SMILES string of the molecule is Cc1ccc(CC(C)NS(=O)(=O)Cc2ccccc2N)s1. The lowest BCUT2D eigenvalue weighted by molar-refractivity contribution is 0.560. The molecule has 0 saturated carbocycles. The Morgan fingerprint density at radius 1 is 1.24 bits per heavy atom. The average Bonchev–Trinajstić information content (AvgIpc) is 2.76. The molecule has 3 N–H and O–H groups in total. The zero-order valence-corrected chi connectivity index (χ0v) is 13.8. The van der Waals surface area contributed by atoms with Gasteiger partial charge in [-0.15, -0.1) is 11.3 Å². The summed E-state index contributed by atoms with van der Waals surface area (Å²) >= 11 is 1.69. The first-order valence-electron chi connectivity index (χ1n) is 6.74. The van der Waals surface area contributed by atoms with Gasteiger partial charge in [-0.2, -0.15) is 0 Å². The summed E-state index contributed by atoms with van der Waals surface area (Å²) in [5, 5.41) is 0. The molecule has 0 spiro atoms. The summed E-state index contributed by atoms with van der Waals surface area (Å²) in [5.74, 6) is -0.0898. The predicted molar refractivity (Wildman–Crippen MR) is 88.8 cm³/mol. The maximum absolute atomic E-state index is 12.2. The quantitative estimate of drug-likeness (QED) is 0.803. The van der Waals surface area contributed by atoms with Crippen molar-refractivity contribution in [3.63, 3.8) is 0 Å². The van der Waals surface area contributed by atoms with E-state index in [1.165, 1.54) is 9.75 Å². The van der Waals surface area contributed by atoms with Crippen molar-refractivity contribution < 1.29 is 8.42 Å². The fourth-order valence-corrected chi connectivity index (χ4v) is 4.63. The number of nitrogens with one attached hydrogen (secondary N) is 1. The Hall–Kier alpha value is -1.37. The Bertz CT molecular complexity index is 708. The first kappa shape index (κ1) is 16.0. The molecule has 6 heteroatoms. The van der Waals surface area contributed by atoms with Crippen molar-refractivity contribution in [2.45, 2.75) is 32.1 Å². The van der Waals surface area contributed by atoms with Crippen LogP contribution in [0, 0.1) is 6.92 Å². The molecule has 0 fully saturated rings. The lowest BCUT2D eigenvalue weighted by Crippen LogP contribution is -2.34. The summed E-state index contributed by atoms with van der Waals surface area (Å²) in [6.07, 6.45) is 0.696. The molecule has 0 aliphatic heterocycles. The molecule has 2 rings (SSSR count). The summed E-state index contributed by atoms with van der Waals surface area (Å²) < 4.78 is 27.1. The van der Waals surface area contributed by atoms with Crippen molar-refractivity contribution in [3.05, 3.63) is 51.7 Å². The van der Waals surface area contributed by atoms with Gasteiger partial charge in [0.05, 0.1) is 5.75 Å². The summed E-state index contributed by atoms with van der Waals surface area (Å²) in [6, 6.07) is 11.0. The molecular weight excluding hydrogens is 304 g/mol. The standard InChI is InChI=1S/C15H20N2O2S2/c1-11(9-14-8-7-12(2)20-14)17-21(18,19)10-13-5-3-4-6-15(13)16/h3-8,11,17H,9-10,16H2,1-2H3. The molecular formula is C15H20N2O2S2. The highest BCUT2D eigenvalue weighted by Gasteiger charge is 2.17. The molecule has 0 saturated heterocycles. The van der Waals surface area contributed by atoms with Gasteiger partial charge < -0.3 is 5.73 Å². The van der Waals surface area contributed by atoms with Crippen LogP contribution in [0.3, 0.4) is 0 Å². The molecule has 0 aliphatic carbocycles. The van der Waals surface area contributed by atoms with Crippen LogP contribution in [0.5, 0.6) is 0 Å². The van der Waals surface area contributed by atoms with Crippen LogP contribution in [0.4, 0.5) is 5.69 Å². The Kier molecular flexibility index (Phi) is 5.03. The maximum atomic E-state index is 12.2. The Morgan fingerprint density at radius 3 is 2.57 bits per heavy atom. The van der Waals surface area contributed by atoms with E-state index in [-0.39, 0.29) is 11.8 Å². The van der Waals surface area contributed by atoms with Crippen LogP contribution in [-0.4, -0.2) is 14.5 Å². The van der Waals surface area contributed by atoms with E-state index in [9.17, 15) is 8.42 Å². The highest BCUT2D eigenvalue weighted by atomic mass is 32.2. The zero-order chi connectivity index (χ0) is 15.5. The van der Waals surface area contributed by atoms with E-state index < -0.39 is 10.0 Å². The number of sulfonamides is 1. The number of nitrogen functional groups attached to an aromatic ring is 1. The molecule has 0 bridgehead atoms. The highest BCUT2D eigenvalue weighted by Crippen LogP contribution is 2.18. The van der Waals surface area contributed by atoms with E-state index in [0.717, 1.165) is 0 Å². The molecule has 1 unspecified atom stereocenters. The van der Waals surface area contributed by atoms with Gasteiger partial charge in [-0.1, -0.05) is 18.2 Å². The second kappa shape index (κ2) is 6.60. The number of thiophene rings is 1. The van der Waals surface area contributed by atoms with Crippen molar-refractivity contribution in [3.8, 4) is 0 Å². The van der Waals surface area contributed by atoms with Crippen molar-refractivity contribution >= 4 is 27.0 Å². The molecule has 21 heavy (non-hydrogen) atoms. The van der Waals surface area contributed by atoms with E-state index in [2.05, 4.69) is 4.72 Å². The van der Waals surface area contributed by atoms with E-state index >= 15 is 0 Å². The minimum atomic E-state index is -3.40. The van der Waals surface area contributed by atoms with Crippen molar-refractivity contribution in [2.24, 2.45) is 0 Å². The molecule has 1 atom stereocenters. The smallest absolute Gasteiger partial charge is 0.216 e. The molecule has 0 radical (unpaired) electrons. The minimum Gasteiger partial charge on any atom is -0.398 e. The summed E-state index contributed by atoms with van der Waals surface area (Å²) in [6.45, 7) is 3.92. The molecule has 2 aromatic rings. The number of benzene rings is 1. The van der Waals surface area contributed by atoms with Gasteiger partial charge in [0, 0.05) is 21.5 Å². The second-order valence-electron chi connectivity index (χ2n) is 5.19. The van der Waals surface area contributed by atoms with Crippen LogP contribution in [-0.2, 0) is 22.2 Å². The normalized spacial score (nSPS) is 13.2. The van der Waals surface area contributed by atoms with Crippen molar-refractivity contribution in [1.29, 1.82) is 0 Å². The van der Waals surface area contributed by atoms with Crippen LogP contribution in [0.25, 0.3) is 0 Å². The van der Waals surface area contributed by atoms with Gasteiger partial charge in [0.25, 0.3) is 0 Å². The molecule has 1 aromatic carbocycles. The highest BCUT2D eigenvalue weighted by molar-refractivity contribution is 7.88. The fourth-order valence-electron chi connectivity index (χ4n) is 2.16. The van der Waals surface area contributed by atoms with E-state index in [1.807, 2.05) is 26.0 Å². The van der Waals surface area contributed by atoms with E-state index in [0.29, 0.717) is 17.7 Å². The van der Waals surface area contributed by atoms with Gasteiger partial charge in [-0.25, -0.2) is 13.1 Å². The third-order valence-electron chi connectivity index (χ3n) is 3.08. The van der Waals surface area contributed by atoms with Crippen LogP contribution in [0.1, 0.15) is 22.2 Å². The van der Waals surface area contributed by atoms with Gasteiger partial charge in [-0.3, -0.25) is 0 Å². The van der Waals surface area contributed by atoms with Crippen LogP contribution in [0.15, 0.2) is 36.4 Å². The van der Waals surface area contributed by atoms with Gasteiger partial charge in [-0.05, 0) is 44.0 Å². The van der Waals surface area contributed by atoms with Gasteiger partial charge >= 0.3 is 0 Å². The number of hydrogen-bond acceptors (Lipinski definition) is 4. The van der Waals surface area contributed by atoms with Crippen molar-refractivity contribution in [1.82, 2.24) is 4.72 Å². The Morgan fingerprint density at radius 2 is 1.95 bits per heavy atom. The average molecular weight is 324 g/mol. The topological polar surface area (TPSA) is 72.2 Å². The zero-order valence-electron chi connectivity index (χ0n) is 12.2. The molecule has 114 valence electrons. The third kappa shape index (κ3) is 4.84. The summed E-state index contributed by atoms with van der Waals surface area (Å²) in [4.78, 5) is 2.42.